The maximum absolute atomic E-state index is 5.80. The molecule has 2 aromatic heterocycles. The molecule has 86 valence electrons. The standard InChI is InChI=1S/C11H14ClN3O/c1-7-4-10(9(3)16-7)8(2)15-6-13-14-11(15)5-12/h4,6,8H,5H2,1-3H3. The first-order chi connectivity index (χ1) is 7.63. The Hall–Kier alpha value is -1.29. The molecule has 0 aliphatic rings. The second-order valence-electron chi connectivity index (χ2n) is 3.83. The monoisotopic (exact) mass is 239 g/mol. The van der Waals surface area contributed by atoms with Gasteiger partial charge in [-0.3, -0.25) is 0 Å². The lowest BCUT2D eigenvalue weighted by molar-refractivity contribution is 0.493. The van der Waals surface area contributed by atoms with Crippen LogP contribution in [0, 0.1) is 13.8 Å². The van der Waals surface area contributed by atoms with Gasteiger partial charge in [-0.2, -0.15) is 0 Å². The van der Waals surface area contributed by atoms with E-state index in [1.807, 2.05) is 24.5 Å². The van der Waals surface area contributed by atoms with Crippen LogP contribution >= 0.6 is 11.6 Å². The molecule has 1 atom stereocenters. The molecular weight excluding hydrogens is 226 g/mol. The molecule has 0 aromatic carbocycles. The van der Waals surface area contributed by atoms with Gasteiger partial charge in [-0.1, -0.05) is 0 Å². The molecule has 0 N–H and O–H groups in total. The molecule has 0 radical (unpaired) electrons. The van der Waals surface area contributed by atoms with Crippen molar-refractivity contribution in [3.8, 4) is 0 Å². The summed E-state index contributed by atoms with van der Waals surface area (Å²) >= 11 is 5.80. The molecule has 0 bridgehead atoms. The lowest BCUT2D eigenvalue weighted by Gasteiger charge is -2.13. The summed E-state index contributed by atoms with van der Waals surface area (Å²) in [6.45, 7) is 5.98. The molecule has 2 heterocycles. The zero-order valence-electron chi connectivity index (χ0n) is 9.57. The fraction of sp³-hybridized carbons (Fsp3) is 0.455. The third kappa shape index (κ3) is 1.85. The minimum atomic E-state index is 0.140. The Balaban J connectivity index is 2.38. The van der Waals surface area contributed by atoms with Crippen molar-refractivity contribution in [1.29, 1.82) is 0 Å². The Kier molecular flexibility index (Phi) is 3.01. The summed E-state index contributed by atoms with van der Waals surface area (Å²) in [5, 5.41) is 7.84. The maximum Gasteiger partial charge on any atom is 0.148 e. The first-order valence-electron chi connectivity index (χ1n) is 5.14. The highest BCUT2D eigenvalue weighted by Gasteiger charge is 2.17. The van der Waals surface area contributed by atoms with Gasteiger partial charge in [0.25, 0.3) is 0 Å². The summed E-state index contributed by atoms with van der Waals surface area (Å²) in [5.74, 6) is 2.98. The summed E-state index contributed by atoms with van der Waals surface area (Å²) in [6.07, 6.45) is 1.70. The van der Waals surface area contributed by atoms with Crippen LogP contribution in [0.4, 0.5) is 0 Å². The van der Waals surface area contributed by atoms with E-state index in [4.69, 9.17) is 16.0 Å². The van der Waals surface area contributed by atoms with Gasteiger partial charge < -0.3 is 8.98 Å². The fourth-order valence-electron chi connectivity index (χ4n) is 1.90. The van der Waals surface area contributed by atoms with Gasteiger partial charge in [0, 0.05) is 5.56 Å². The molecule has 0 aliphatic carbocycles. The van der Waals surface area contributed by atoms with Crippen molar-refractivity contribution in [3.63, 3.8) is 0 Å². The van der Waals surface area contributed by atoms with Gasteiger partial charge in [0.1, 0.15) is 23.7 Å². The highest BCUT2D eigenvalue weighted by atomic mass is 35.5. The van der Waals surface area contributed by atoms with E-state index in [1.54, 1.807) is 6.33 Å². The Morgan fingerprint density at radius 3 is 2.81 bits per heavy atom. The van der Waals surface area contributed by atoms with Crippen molar-refractivity contribution in [2.45, 2.75) is 32.7 Å². The predicted molar refractivity (Wildman–Crippen MR) is 61.6 cm³/mol. The lowest BCUT2D eigenvalue weighted by atomic mass is 10.1. The zero-order chi connectivity index (χ0) is 11.7. The molecule has 0 saturated carbocycles. The highest BCUT2D eigenvalue weighted by molar-refractivity contribution is 6.16. The van der Waals surface area contributed by atoms with Gasteiger partial charge in [0.2, 0.25) is 0 Å². The fourth-order valence-corrected chi connectivity index (χ4v) is 2.09. The number of hydrogen-bond acceptors (Lipinski definition) is 3. The predicted octanol–water partition coefficient (Wildman–Crippen LogP) is 2.84. The molecule has 0 saturated heterocycles. The van der Waals surface area contributed by atoms with Gasteiger partial charge in [-0.15, -0.1) is 21.8 Å². The van der Waals surface area contributed by atoms with Crippen molar-refractivity contribution in [2.24, 2.45) is 0 Å². The Bertz CT molecular complexity index is 489. The summed E-state index contributed by atoms with van der Waals surface area (Å²) < 4.78 is 7.48. The van der Waals surface area contributed by atoms with E-state index in [-0.39, 0.29) is 6.04 Å². The summed E-state index contributed by atoms with van der Waals surface area (Å²) in [7, 11) is 0. The number of nitrogens with zero attached hydrogens (tertiary/aromatic N) is 3. The number of furan rings is 1. The molecule has 0 amide bonds. The third-order valence-electron chi connectivity index (χ3n) is 2.71. The van der Waals surface area contributed by atoms with E-state index in [2.05, 4.69) is 17.1 Å². The van der Waals surface area contributed by atoms with Crippen molar-refractivity contribution >= 4 is 11.6 Å². The van der Waals surface area contributed by atoms with E-state index in [0.717, 1.165) is 22.9 Å². The van der Waals surface area contributed by atoms with E-state index >= 15 is 0 Å². The summed E-state index contributed by atoms with van der Waals surface area (Å²) in [6, 6.07) is 2.18. The van der Waals surface area contributed by atoms with Gasteiger partial charge in [0.15, 0.2) is 0 Å². The number of aryl methyl sites for hydroxylation is 2. The van der Waals surface area contributed by atoms with E-state index < -0.39 is 0 Å². The van der Waals surface area contributed by atoms with Crippen molar-refractivity contribution in [3.05, 3.63) is 35.3 Å². The average Bonchev–Trinajstić information content (AvgIpc) is 2.83. The Morgan fingerprint density at radius 2 is 2.25 bits per heavy atom. The lowest BCUT2D eigenvalue weighted by Crippen LogP contribution is -2.09. The highest BCUT2D eigenvalue weighted by Crippen LogP contribution is 2.25. The van der Waals surface area contributed by atoms with Crippen LogP contribution < -0.4 is 0 Å². The minimum Gasteiger partial charge on any atom is -0.466 e. The normalized spacial score (nSPS) is 13.0. The SMILES string of the molecule is Cc1cc(C(C)n2cnnc2CCl)c(C)o1. The quantitative estimate of drug-likeness (QED) is 0.774. The van der Waals surface area contributed by atoms with Gasteiger partial charge in [-0.05, 0) is 26.8 Å². The van der Waals surface area contributed by atoms with E-state index in [1.165, 1.54) is 0 Å². The molecule has 1 unspecified atom stereocenters. The first-order valence-corrected chi connectivity index (χ1v) is 5.68. The number of aromatic nitrogens is 3. The number of hydrogen-bond donors (Lipinski definition) is 0. The molecule has 2 aromatic rings. The van der Waals surface area contributed by atoms with Crippen molar-refractivity contribution in [1.82, 2.24) is 14.8 Å². The van der Waals surface area contributed by atoms with Crippen LogP contribution in [-0.2, 0) is 5.88 Å². The molecule has 4 nitrogen and oxygen atoms in total. The molecule has 2 rings (SSSR count). The third-order valence-corrected chi connectivity index (χ3v) is 2.95. The number of alkyl halides is 1. The number of halogens is 1. The summed E-state index contributed by atoms with van der Waals surface area (Å²) in [4.78, 5) is 0. The van der Waals surface area contributed by atoms with Crippen molar-refractivity contribution in [2.75, 3.05) is 0 Å². The Labute approximate surface area is 99.2 Å². The van der Waals surface area contributed by atoms with Crippen LogP contribution in [0.1, 0.15) is 35.9 Å². The van der Waals surface area contributed by atoms with E-state index in [9.17, 15) is 0 Å². The van der Waals surface area contributed by atoms with Crippen molar-refractivity contribution < 1.29 is 4.42 Å². The molecule has 5 heteroatoms. The molecule has 0 spiro atoms. The topological polar surface area (TPSA) is 43.9 Å². The van der Waals surface area contributed by atoms with Crippen LogP contribution in [0.25, 0.3) is 0 Å². The van der Waals surface area contributed by atoms with Gasteiger partial charge in [0.05, 0.1) is 11.9 Å². The number of rotatable bonds is 3. The van der Waals surface area contributed by atoms with Crippen LogP contribution in [0.5, 0.6) is 0 Å². The average molecular weight is 240 g/mol. The molecular formula is C11H14ClN3O. The van der Waals surface area contributed by atoms with Gasteiger partial charge >= 0.3 is 0 Å². The minimum absolute atomic E-state index is 0.140. The molecule has 0 fully saturated rings. The first kappa shape index (κ1) is 11.2. The van der Waals surface area contributed by atoms with Crippen LogP contribution in [0.2, 0.25) is 0 Å². The second-order valence-corrected chi connectivity index (χ2v) is 4.10. The largest absolute Gasteiger partial charge is 0.466 e. The van der Waals surface area contributed by atoms with Gasteiger partial charge in [-0.25, -0.2) is 0 Å². The summed E-state index contributed by atoms with van der Waals surface area (Å²) in [5.41, 5.74) is 1.14. The van der Waals surface area contributed by atoms with E-state index in [0.29, 0.717) is 5.88 Å². The maximum atomic E-state index is 5.80. The van der Waals surface area contributed by atoms with Crippen LogP contribution in [0.15, 0.2) is 16.8 Å². The zero-order valence-corrected chi connectivity index (χ0v) is 10.3. The van der Waals surface area contributed by atoms with Crippen LogP contribution in [0.3, 0.4) is 0 Å². The smallest absolute Gasteiger partial charge is 0.148 e. The van der Waals surface area contributed by atoms with Crippen LogP contribution in [-0.4, -0.2) is 14.8 Å². The molecule has 16 heavy (non-hydrogen) atoms. The Morgan fingerprint density at radius 1 is 1.50 bits per heavy atom. The molecule has 0 aliphatic heterocycles. The second kappa shape index (κ2) is 4.29.